The summed E-state index contributed by atoms with van der Waals surface area (Å²) < 4.78 is 5.77. The summed E-state index contributed by atoms with van der Waals surface area (Å²) in [5, 5.41) is 2.49. The lowest BCUT2D eigenvalue weighted by atomic mass is 10.4. The molecule has 0 aliphatic carbocycles. The molecular formula is C10H9BrN2O2. The Morgan fingerprint density at radius 1 is 1.73 bits per heavy atom. The summed E-state index contributed by atoms with van der Waals surface area (Å²) in [4.78, 5) is 15.1. The van der Waals surface area contributed by atoms with E-state index in [4.69, 9.17) is 11.2 Å². The maximum absolute atomic E-state index is 11.1. The van der Waals surface area contributed by atoms with Gasteiger partial charge in [-0.2, -0.15) is 0 Å². The third kappa shape index (κ3) is 4.00. The van der Waals surface area contributed by atoms with Crippen molar-refractivity contribution in [1.82, 2.24) is 10.3 Å². The van der Waals surface area contributed by atoms with Crippen LogP contribution in [0.4, 0.5) is 0 Å². The molecule has 0 atom stereocenters. The first-order valence-corrected chi connectivity index (χ1v) is 4.97. The molecule has 0 saturated carbocycles. The van der Waals surface area contributed by atoms with Gasteiger partial charge in [0.2, 0.25) is 0 Å². The number of nitrogens with one attached hydrogen (secondary N) is 1. The van der Waals surface area contributed by atoms with Crippen molar-refractivity contribution in [3.05, 3.63) is 22.9 Å². The number of halogens is 1. The molecule has 0 fully saturated rings. The van der Waals surface area contributed by atoms with Crippen molar-refractivity contribution in [2.24, 2.45) is 0 Å². The van der Waals surface area contributed by atoms with E-state index in [1.807, 2.05) is 0 Å². The second kappa shape index (κ2) is 6.04. The normalized spacial score (nSPS) is 9.07. The number of nitrogens with zero attached hydrogens (tertiary/aromatic N) is 1. The minimum absolute atomic E-state index is 0.0774. The Labute approximate surface area is 96.2 Å². The van der Waals surface area contributed by atoms with Crippen molar-refractivity contribution >= 4 is 21.8 Å². The number of carbonyl (C=O) groups excluding carboxylic acids is 1. The number of aromatic nitrogens is 1. The van der Waals surface area contributed by atoms with Crippen LogP contribution in [0.1, 0.15) is 0 Å². The first-order valence-electron chi connectivity index (χ1n) is 4.17. The molecule has 0 aromatic carbocycles. The topological polar surface area (TPSA) is 51.2 Å². The Morgan fingerprint density at radius 2 is 2.53 bits per heavy atom. The van der Waals surface area contributed by atoms with E-state index in [1.165, 1.54) is 0 Å². The standard InChI is InChI=1S/C10H9BrN2O2/c1-2-5-12-9(14)7-15-8-4-3-6-13-10(8)11/h1,3-4,6H,5,7H2,(H,12,14). The van der Waals surface area contributed by atoms with Gasteiger partial charge in [-0.05, 0) is 28.1 Å². The molecule has 0 unspecified atom stereocenters. The lowest BCUT2D eigenvalue weighted by Crippen LogP contribution is -2.29. The summed E-state index contributed by atoms with van der Waals surface area (Å²) in [6.45, 7) is 0.127. The molecule has 0 aliphatic rings. The maximum atomic E-state index is 11.1. The van der Waals surface area contributed by atoms with Gasteiger partial charge in [0.1, 0.15) is 4.60 Å². The molecule has 0 saturated heterocycles. The van der Waals surface area contributed by atoms with Gasteiger partial charge in [0.05, 0.1) is 6.54 Å². The molecule has 15 heavy (non-hydrogen) atoms. The van der Waals surface area contributed by atoms with Crippen molar-refractivity contribution in [1.29, 1.82) is 0 Å². The number of rotatable bonds is 4. The van der Waals surface area contributed by atoms with Crippen LogP contribution in [-0.2, 0) is 4.79 Å². The van der Waals surface area contributed by atoms with E-state index in [9.17, 15) is 4.79 Å². The first-order chi connectivity index (χ1) is 7.24. The fourth-order valence-corrected chi connectivity index (χ4v) is 1.19. The molecule has 1 N–H and O–H groups in total. The molecule has 0 spiro atoms. The van der Waals surface area contributed by atoms with Crippen LogP contribution in [0, 0.1) is 12.3 Å². The van der Waals surface area contributed by atoms with Gasteiger partial charge in [0.15, 0.2) is 12.4 Å². The van der Waals surface area contributed by atoms with Gasteiger partial charge in [-0.15, -0.1) is 6.42 Å². The van der Waals surface area contributed by atoms with Gasteiger partial charge in [0, 0.05) is 6.20 Å². The molecule has 78 valence electrons. The summed E-state index contributed by atoms with van der Waals surface area (Å²) >= 11 is 3.20. The number of ether oxygens (including phenoxy) is 1. The Morgan fingerprint density at radius 3 is 3.20 bits per heavy atom. The van der Waals surface area contributed by atoms with Crippen molar-refractivity contribution in [2.75, 3.05) is 13.2 Å². The van der Waals surface area contributed by atoms with Gasteiger partial charge >= 0.3 is 0 Å². The highest BCUT2D eigenvalue weighted by atomic mass is 79.9. The van der Waals surface area contributed by atoms with Crippen LogP contribution < -0.4 is 10.1 Å². The van der Waals surface area contributed by atoms with E-state index in [2.05, 4.69) is 32.2 Å². The molecule has 1 aromatic heterocycles. The molecule has 0 aliphatic heterocycles. The molecule has 1 heterocycles. The van der Waals surface area contributed by atoms with E-state index < -0.39 is 0 Å². The highest BCUT2D eigenvalue weighted by Gasteiger charge is 2.04. The quantitative estimate of drug-likeness (QED) is 0.654. The average Bonchev–Trinajstić information content (AvgIpc) is 2.25. The van der Waals surface area contributed by atoms with Crippen LogP contribution in [-0.4, -0.2) is 24.0 Å². The second-order valence-corrected chi connectivity index (χ2v) is 3.31. The van der Waals surface area contributed by atoms with Crippen molar-refractivity contribution < 1.29 is 9.53 Å². The van der Waals surface area contributed by atoms with Crippen molar-refractivity contribution in [3.63, 3.8) is 0 Å². The SMILES string of the molecule is C#CCNC(=O)COc1cccnc1Br. The third-order valence-electron chi connectivity index (χ3n) is 1.47. The Balaban J connectivity index is 2.41. The Hall–Kier alpha value is -1.54. The molecular weight excluding hydrogens is 260 g/mol. The number of hydrogen-bond donors (Lipinski definition) is 1. The van der Waals surface area contributed by atoms with E-state index >= 15 is 0 Å². The average molecular weight is 269 g/mol. The Bertz CT molecular complexity index is 387. The molecule has 1 amide bonds. The zero-order valence-electron chi connectivity index (χ0n) is 7.87. The Kier molecular flexibility index (Phi) is 4.64. The van der Waals surface area contributed by atoms with Crippen molar-refractivity contribution in [3.8, 4) is 18.1 Å². The van der Waals surface area contributed by atoms with Crippen LogP contribution in [0.2, 0.25) is 0 Å². The minimum atomic E-state index is -0.260. The zero-order chi connectivity index (χ0) is 11.1. The molecule has 1 aromatic rings. The molecule has 1 rings (SSSR count). The fraction of sp³-hybridized carbons (Fsp3) is 0.200. The van der Waals surface area contributed by atoms with Crippen molar-refractivity contribution in [2.45, 2.75) is 0 Å². The molecule has 5 heteroatoms. The highest BCUT2D eigenvalue weighted by molar-refractivity contribution is 9.10. The first kappa shape index (κ1) is 11.5. The van der Waals surface area contributed by atoms with E-state index in [0.717, 1.165) is 0 Å². The highest BCUT2D eigenvalue weighted by Crippen LogP contribution is 2.20. The predicted octanol–water partition coefficient (Wildman–Crippen LogP) is 0.972. The largest absolute Gasteiger partial charge is 0.481 e. The van der Waals surface area contributed by atoms with Gasteiger partial charge in [-0.25, -0.2) is 4.98 Å². The van der Waals surface area contributed by atoms with Crippen LogP contribution in [0.15, 0.2) is 22.9 Å². The van der Waals surface area contributed by atoms with Gasteiger partial charge in [0.25, 0.3) is 5.91 Å². The van der Waals surface area contributed by atoms with Crippen LogP contribution >= 0.6 is 15.9 Å². The van der Waals surface area contributed by atoms with Crippen LogP contribution in [0.3, 0.4) is 0 Å². The monoisotopic (exact) mass is 268 g/mol. The van der Waals surface area contributed by atoms with E-state index in [-0.39, 0.29) is 19.1 Å². The van der Waals surface area contributed by atoms with E-state index in [0.29, 0.717) is 10.4 Å². The van der Waals surface area contributed by atoms with Gasteiger partial charge in [-0.3, -0.25) is 4.79 Å². The summed E-state index contributed by atoms with van der Waals surface area (Å²) in [5.74, 6) is 2.56. The predicted molar refractivity (Wildman–Crippen MR) is 59.3 cm³/mol. The lowest BCUT2D eigenvalue weighted by molar-refractivity contribution is -0.122. The number of hydrogen-bond acceptors (Lipinski definition) is 3. The third-order valence-corrected chi connectivity index (χ3v) is 2.07. The summed E-state index contributed by atoms with van der Waals surface area (Å²) in [5.41, 5.74) is 0. The van der Waals surface area contributed by atoms with Crippen LogP contribution in [0.5, 0.6) is 5.75 Å². The van der Waals surface area contributed by atoms with E-state index in [1.54, 1.807) is 18.3 Å². The smallest absolute Gasteiger partial charge is 0.258 e. The lowest BCUT2D eigenvalue weighted by Gasteiger charge is -2.06. The van der Waals surface area contributed by atoms with Crippen LogP contribution in [0.25, 0.3) is 0 Å². The zero-order valence-corrected chi connectivity index (χ0v) is 9.45. The molecule has 4 nitrogen and oxygen atoms in total. The minimum Gasteiger partial charge on any atom is -0.481 e. The van der Waals surface area contributed by atoms with Gasteiger partial charge in [-0.1, -0.05) is 5.92 Å². The van der Waals surface area contributed by atoms with Gasteiger partial charge < -0.3 is 10.1 Å². The number of pyridine rings is 1. The second-order valence-electron chi connectivity index (χ2n) is 2.56. The molecule has 0 bridgehead atoms. The number of amides is 1. The number of carbonyl (C=O) groups is 1. The maximum Gasteiger partial charge on any atom is 0.258 e. The number of terminal acetylenes is 1. The molecule has 0 radical (unpaired) electrons. The summed E-state index contributed by atoms with van der Waals surface area (Å²) in [6.07, 6.45) is 6.61. The summed E-state index contributed by atoms with van der Waals surface area (Å²) in [6, 6.07) is 3.44. The fourth-order valence-electron chi connectivity index (χ4n) is 0.823. The summed E-state index contributed by atoms with van der Waals surface area (Å²) in [7, 11) is 0.